The fourth-order valence-corrected chi connectivity index (χ4v) is 1.77. The standard InChI is InChI=1S/C14H16N2O4/c1-16-13(14(17)18)9-12(15-16)10-3-5-11(6-4-10)20-8-7-19-2/h3-6,9H,7-8H2,1-2H3,(H,17,18). The van der Waals surface area contributed by atoms with E-state index in [-0.39, 0.29) is 5.69 Å². The van der Waals surface area contributed by atoms with Gasteiger partial charge in [0.1, 0.15) is 18.1 Å². The fraction of sp³-hybridized carbons (Fsp3) is 0.286. The molecule has 0 bridgehead atoms. The van der Waals surface area contributed by atoms with Crippen LogP contribution in [0.1, 0.15) is 10.5 Å². The molecule has 0 spiro atoms. The van der Waals surface area contributed by atoms with Crippen molar-refractivity contribution in [2.24, 2.45) is 7.05 Å². The molecule has 2 rings (SSSR count). The molecule has 20 heavy (non-hydrogen) atoms. The largest absolute Gasteiger partial charge is 0.491 e. The Morgan fingerprint density at radius 1 is 1.30 bits per heavy atom. The third-order valence-corrected chi connectivity index (χ3v) is 2.81. The van der Waals surface area contributed by atoms with Gasteiger partial charge in [-0.25, -0.2) is 4.79 Å². The van der Waals surface area contributed by atoms with E-state index >= 15 is 0 Å². The molecule has 0 fully saturated rings. The minimum Gasteiger partial charge on any atom is -0.491 e. The molecule has 0 radical (unpaired) electrons. The van der Waals surface area contributed by atoms with Crippen molar-refractivity contribution in [3.8, 4) is 17.0 Å². The second-order valence-corrected chi connectivity index (χ2v) is 4.21. The molecule has 1 N–H and O–H groups in total. The average Bonchev–Trinajstić information content (AvgIpc) is 2.82. The molecule has 0 aliphatic carbocycles. The van der Waals surface area contributed by atoms with Gasteiger partial charge in [0.05, 0.1) is 12.3 Å². The molecular weight excluding hydrogens is 260 g/mol. The Balaban J connectivity index is 2.13. The normalized spacial score (nSPS) is 10.5. The van der Waals surface area contributed by atoms with E-state index in [2.05, 4.69) is 5.10 Å². The lowest BCUT2D eigenvalue weighted by Crippen LogP contribution is -2.04. The number of carboxylic acids is 1. The number of methoxy groups -OCH3 is 1. The molecule has 0 aliphatic rings. The first kappa shape index (κ1) is 14.1. The molecule has 0 unspecified atom stereocenters. The number of hydrogen-bond donors (Lipinski definition) is 1. The number of hydrogen-bond acceptors (Lipinski definition) is 4. The molecule has 0 saturated carbocycles. The van der Waals surface area contributed by atoms with Crippen LogP contribution in [-0.4, -0.2) is 41.2 Å². The molecule has 2 aromatic rings. The fourth-order valence-electron chi connectivity index (χ4n) is 1.77. The number of aromatic nitrogens is 2. The Labute approximate surface area is 116 Å². The Morgan fingerprint density at radius 2 is 2.00 bits per heavy atom. The number of ether oxygens (including phenoxy) is 2. The van der Waals surface area contributed by atoms with Gasteiger partial charge in [0.15, 0.2) is 0 Å². The summed E-state index contributed by atoms with van der Waals surface area (Å²) in [5.74, 6) is -0.258. The first-order valence-corrected chi connectivity index (χ1v) is 6.11. The van der Waals surface area contributed by atoms with Crippen molar-refractivity contribution in [3.05, 3.63) is 36.0 Å². The van der Waals surface area contributed by atoms with E-state index < -0.39 is 5.97 Å². The van der Waals surface area contributed by atoms with Gasteiger partial charge in [0.25, 0.3) is 0 Å². The van der Waals surface area contributed by atoms with Crippen molar-refractivity contribution in [2.45, 2.75) is 0 Å². The Hall–Kier alpha value is -2.34. The summed E-state index contributed by atoms with van der Waals surface area (Å²) in [5, 5.41) is 13.2. The van der Waals surface area contributed by atoms with E-state index in [0.29, 0.717) is 18.9 Å². The lowest BCUT2D eigenvalue weighted by molar-refractivity contribution is 0.0685. The number of benzene rings is 1. The van der Waals surface area contributed by atoms with Gasteiger partial charge in [-0.05, 0) is 30.3 Å². The van der Waals surface area contributed by atoms with E-state index in [0.717, 1.165) is 11.3 Å². The minimum absolute atomic E-state index is 0.153. The highest BCUT2D eigenvalue weighted by Gasteiger charge is 2.12. The number of carboxylic acid groups (broad SMARTS) is 1. The number of aryl methyl sites for hydroxylation is 1. The number of aromatic carboxylic acids is 1. The zero-order chi connectivity index (χ0) is 14.5. The zero-order valence-electron chi connectivity index (χ0n) is 11.4. The predicted octanol–water partition coefficient (Wildman–Crippen LogP) is 1.81. The van der Waals surface area contributed by atoms with Crippen LogP contribution in [0, 0.1) is 0 Å². The maximum absolute atomic E-state index is 11.0. The van der Waals surface area contributed by atoms with E-state index in [9.17, 15) is 4.79 Å². The lowest BCUT2D eigenvalue weighted by Gasteiger charge is -2.05. The van der Waals surface area contributed by atoms with Crippen LogP contribution < -0.4 is 4.74 Å². The van der Waals surface area contributed by atoms with Crippen LogP contribution in [-0.2, 0) is 11.8 Å². The van der Waals surface area contributed by atoms with Gasteiger partial charge < -0.3 is 14.6 Å². The van der Waals surface area contributed by atoms with Gasteiger partial charge >= 0.3 is 5.97 Å². The minimum atomic E-state index is -0.995. The first-order chi connectivity index (χ1) is 9.61. The second-order valence-electron chi connectivity index (χ2n) is 4.21. The Morgan fingerprint density at radius 3 is 2.55 bits per heavy atom. The van der Waals surface area contributed by atoms with E-state index in [4.69, 9.17) is 14.6 Å². The number of rotatable bonds is 6. The van der Waals surface area contributed by atoms with Crippen LogP contribution in [0.5, 0.6) is 5.75 Å². The summed E-state index contributed by atoms with van der Waals surface area (Å²) in [6, 6.07) is 8.87. The van der Waals surface area contributed by atoms with Gasteiger partial charge in [0, 0.05) is 19.7 Å². The van der Waals surface area contributed by atoms with Crippen molar-refractivity contribution >= 4 is 5.97 Å². The molecule has 106 valence electrons. The van der Waals surface area contributed by atoms with Crippen LogP contribution in [0.4, 0.5) is 0 Å². The van der Waals surface area contributed by atoms with Gasteiger partial charge in [-0.1, -0.05) is 0 Å². The molecule has 1 aromatic heterocycles. The third kappa shape index (κ3) is 3.16. The summed E-state index contributed by atoms with van der Waals surface area (Å²) >= 11 is 0. The summed E-state index contributed by atoms with van der Waals surface area (Å²) in [6.07, 6.45) is 0. The third-order valence-electron chi connectivity index (χ3n) is 2.81. The van der Waals surface area contributed by atoms with Crippen LogP contribution in [0.3, 0.4) is 0 Å². The maximum atomic E-state index is 11.0. The van der Waals surface area contributed by atoms with Crippen molar-refractivity contribution < 1.29 is 19.4 Å². The summed E-state index contributed by atoms with van der Waals surface area (Å²) in [6.45, 7) is 1.02. The van der Waals surface area contributed by atoms with E-state index in [1.165, 1.54) is 4.68 Å². The van der Waals surface area contributed by atoms with Gasteiger partial charge in [-0.15, -0.1) is 0 Å². The van der Waals surface area contributed by atoms with Crippen LogP contribution in [0.2, 0.25) is 0 Å². The van der Waals surface area contributed by atoms with Crippen molar-refractivity contribution in [2.75, 3.05) is 20.3 Å². The number of carbonyl (C=O) groups is 1. The molecule has 0 amide bonds. The average molecular weight is 276 g/mol. The Kier molecular flexibility index (Phi) is 4.37. The molecule has 6 heteroatoms. The van der Waals surface area contributed by atoms with E-state index in [1.54, 1.807) is 20.2 Å². The Bertz CT molecular complexity index is 590. The predicted molar refractivity (Wildman–Crippen MR) is 73.0 cm³/mol. The molecule has 6 nitrogen and oxygen atoms in total. The summed E-state index contributed by atoms with van der Waals surface area (Å²) in [5.41, 5.74) is 1.61. The summed E-state index contributed by atoms with van der Waals surface area (Å²) < 4.78 is 11.7. The van der Waals surface area contributed by atoms with E-state index in [1.807, 2.05) is 24.3 Å². The highest BCUT2D eigenvalue weighted by Crippen LogP contribution is 2.22. The lowest BCUT2D eigenvalue weighted by atomic mass is 10.1. The second kappa shape index (κ2) is 6.21. The monoisotopic (exact) mass is 276 g/mol. The smallest absolute Gasteiger partial charge is 0.354 e. The molecule has 1 heterocycles. The summed E-state index contributed by atoms with van der Waals surface area (Å²) in [7, 11) is 3.22. The van der Waals surface area contributed by atoms with Gasteiger partial charge in [-0.2, -0.15) is 5.10 Å². The van der Waals surface area contributed by atoms with Crippen LogP contribution in [0.25, 0.3) is 11.3 Å². The highest BCUT2D eigenvalue weighted by atomic mass is 16.5. The maximum Gasteiger partial charge on any atom is 0.354 e. The van der Waals surface area contributed by atoms with Crippen LogP contribution >= 0.6 is 0 Å². The van der Waals surface area contributed by atoms with Gasteiger partial charge in [-0.3, -0.25) is 4.68 Å². The first-order valence-electron chi connectivity index (χ1n) is 6.11. The molecule has 1 aromatic carbocycles. The summed E-state index contributed by atoms with van der Waals surface area (Å²) in [4.78, 5) is 11.0. The topological polar surface area (TPSA) is 73.6 Å². The zero-order valence-corrected chi connectivity index (χ0v) is 11.4. The highest BCUT2D eigenvalue weighted by molar-refractivity contribution is 5.87. The quantitative estimate of drug-likeness (QED) is 0.814. The molecule has 0 saturated heterocycles. The number of nitrogens with zero attached hydrogens (tertiary/aromatic N) is 2. The molecule has 0 atom stereocenters. The van der Waals surface area contributed by atoms with Crippen molar-refractivity contribution in [1.29, 1.82) is 0 Å². The molecule has 0 aliphatic heterocycles. The van der Waals surface area contributed by atoms with Crippen LogP contribution in [0.15, 0.2) is 30.3 Å². The van der Waals surface area contributed by atoms with Crippen molar-refractivity contribution in [3.63, 3.8) is 0 Å². The SMILES string of the molecule is COCCOc1ccc(-c2cc(C(=O)O)n(C)n2)cc1. The van der Waals surface area contributed by atoms with Crippen molar-refractivity contribution in [1.82, 2.24) is 9.78 Å². The van der Waals surface area contributed by atoms with Gasteiger partial charge in [0.2, 0.25) is 0 Å². The molecular formula is C14H16N2O4.